The van der Waals surface area contributed by atoms with Gasteiger partial charge in [-0.1, -0.05) is 19.6 Å². The molecule has 0 spiro atoms. The molecule has 42 heavy (non-hydrogen) atoms. The molecule has 0 unspecified atom stereocenters. The minimum absolute atomic E-state index is 0.0103. The van der Waals surface area contributed by atoms with E-state index in [-0.39, 0.29) is 18.0 Å². The Morgan fingerprint density at radius 3 is 2.71 bits per heavy atom. The molecule has 0 saturated carbocycles. The molecule has 1 saturated heterocycles. The van der Waals surface area contributed by atoms with Crippen LogP contribution in [0.4, 0.5) is 10.1 Å². The van der Waals surface area contributed by atoms with Gasteiger partial charge >= 0.3 is 0 Å². The van der Waals surface area contributed by atoms with E-state index in [1.54, 1.807) is 18.6 Å². The molecule has 1 fully saturated rings. The summed E-state index contributed by atoms with van der Waals surface area (Å²) in [5.74, 6) is -1.02. The Bertz CT molecular complexity index is 1630. The molecule has 0 atom stereocenters. The summed E-state index contributed by atoms with van der Waals surface area (Å²) in [6, 6.07) is 9.90. The molecule has 3 aromatic heterocycles. The van der Waals surface area contributed by atoms with E-state index in [0.29, 0.717) is 25.5 Å². The van der Waals surface area contributed by atoms with E-state index in [1.807, 2.05) is 46.5 Å². The van der Waals surface area contributed by atoms with Gasteiger partial charge in [-0.05, 0) is 44.2 Å². The maximum atomic E-state index is 14.8. The zero-order valence-electron chi connectivity index (χ0n) is 24.8. The second kappa shape index (κ2) is 11.7. The number of benzene rings is 1. The highest BCUT2D eigenvalue weighted by molar-refractivity contribution is 6.76. The van der Waals surface area contributed by atoms with Crippen molar-refractivity contribution in [2.24, 2.45) is 0 Å². The molecule has 4 heterocycles. The first-order chi connectivity index (χ1) is 20.0. The minimum Gasteiger partial charge on any atom is -0.366 e. The first-order valence-corrected chi connectivity index (χ1v) is 17.9. The lowest BCUT2D eigenvalue weighted by molar-refractivity contribution is 0.0898. The topological polar surface area (TPSA) is 114 Å². The highest BCUT2D eigenvalue weighted by Crippen LogP contribution is 2.37. The SMILES string of the molecule is CC(C)NC(=O)c1ccc(N2CC(CC#N)(n3cc(-c4ncnc5c4ccn5COCC[Si](C)(C)C)cn3)C2)cc1F. The fraction of sp³-hybridized carbons (Fsp3) is 0.433. The van der Waals surface area contributed by atoms with Crippen molar-refractivity contribution in [1.29, 1.82) is 5.26 Å². The lowest BCUT2D eigenvalue weighted by Gasteiger charge is -2.50. The Morgan fingerprint density at radius 1 is 1.24 bits per heavy atom. The quantitative estimate of drug-likeness (QED) is 0.193. The molecule has 1 amide bonds. The molecule has 0 aliphatic carbocycles. The van der Waals surface area contributed by atoms with Gasteiger partial charge in [0.15, 0.2) is 0 Å². The van der Waals surface area contributed by atoms with Crippen LogP contribution in [0.15, 0.2) is 49.2 Å². The zero-order valence-corrected chi connectivity index (χ0v) is 25.8. The average Bonchev–Trinajstić information content (AvgIpc) is 3.55. The Hall–Kier alpha value is -4.08. The summed E-state index contributed by atoms with van der Waals surface area (Å²) in [6.45, 7) is 12.7. The number of carbonyl (C=O) groups excluding carboxylic acids is 1. The summed E-state index contributed by atoms with van der Waals surface area (Å²) in [4.78, 5) is 23.3. The van der Waals surface area contributed by atoms with Crippen molar-refractivity contribution in [1.82, 2.24) is 29.6 Å². The number of carbonyl (C=O) groups is 1. The largest absolute Gasteiger partial charge is 0.366 e. The monoisotopic (exact) mass is 588 g/mol. The molecule has 220 valence electrons. The van der Waals surface area contributed by atoms with E-state index in [9.17, 15) is 14.4 Å². The highest BCUT2D eigenvalue weighted by atomic mass is 28.3. The van der Waals surface area contributed by atoms with E-state index < -0.39 is 25.3 Å². The van der Waals surface area contributed by atoms with Gasteiger partial charge in [0.1, 0.15) is 30.1 Å². The Balaban J connectivity index is 1.32. The van der Waals surface area contributed by atoms with E-state index in [0.717, 1.165) is 34.9 Å². The van der Waals surface area contributed by atoms with Gasteiger partial charge in [0.2, 0.25) is 0 Å². The van der Waals surface area contributed by atoms with Gasteiger partial charge in [0, 0.05) is 62.8 Å². The Labute approximate surface area is 246 Å². The molecule has 0 radical (unpaired) electrons. The maximum absolute atomic E-state index is 14.8. The lowest BCUT2D eigenvalue weighted by atomic mass is 9.86. The van der Waals surface area contributed by atoms with Crippen molar-refractivity contribution < 1.29 is 13.9 Å². The van der Waals surface area contributed by atoms with Crippen LogP contribution in [0.5, 0.6) is 0 Å². The van der Waals surface area contributed by atoms with Gasteiger partial charge in [0.25, 0.3) is 5.91 Å². The predicted molar refractivity (Wildman–Crippen MR) is 162 cm³/mol. The average molecular weight is 589 g/mol. The van der Waals surface area contributed by atoms with Crippen LogP contribution in [0.25, 0.3) is 22.3 Å². The number of fused-ring (bicyclic) bond motifs is 1. The van der Waals surface area contributed by atoms with Crippen molar-refractivity contribution >= 4 is 30.7 Å². The van der Waals surface area contributed by atoms with Crippen molar-refractivity contribution in [3.05, 3.63) is 60.6 Å². The van der Waals surface area contributed by atoms with Gasteiger partial charge in [-0.2, -0.15) is 10.4 Å². The second-order valence-corrected chi connectivity index (χ2v) is 18.1. The van der Waals surface area contributed by atoms with Crippen LogP contribution in [-0.2, 0) is 17.0 Å². The van der Waals surface area contributed by atoms with Gasteiger partial charge < -0.3 is 19.5 Å². The van der Waals surface area contributed by atoms with Crippen LogP contribution in [0.1, 0.15) is 30.6 Å². The Morgan fingerprint density at radius 2 is 2.02 bits per heavy atom. The molecule has 1 aliphatic rings. The fourth-order valence-electron chi connectivity index (χ4n) is 5.14. The molecule has 12 heteroatoms. The molecule has 0 bridgehead atoms. The van der Waals surface area contributed by atoms with Crippen molar-refractivity contribution in [2.45, 2.75) is 64.3 Å². The van der Waals surface area contributed by atoms with E-state index in [1.165, 1.54) is 12.1 Å². The number of amides is 1. The van der Waals surface area contributed by atoms with Crippen molar-refractivity contribution in [3.63, 3.8) is 0 Å². The smallest absolute Gasteiger partial charge is 0.254 e. The number of hydrogen-bond donors (Lipinski definition) is 1. The number of nitrogens with one attached hydrogen (secondary N) is 1. The number of nitriles is 1. The summed E-state index contributed by atoms with van der Waals surface area (Å²) < 4.78 is 24.6. The number of rotatable bonds is 11. The molecule has 4 aromatic rings. The molecule has 1 N–H and O–H groups in total. The van der Waals surface area contributed by atoms with E-state index >= 15 is 0 Å². The third-order valence-corrected chi connectivity index (χ3v) is 9.19. The Kier molecular flexibility index (Phi) is 8.16. The molecule has 10 nitrogen and oxygen atoms in total. The van der Waals surface area contributed by atoms with Gasteiger partial charge in [-0.25, -0.2) is 14.4 Å². The highest BCUT2D eigenvalue weighted by Gasteiger charge is 2.46. The predicted octanol–water partition coefficient (Wildman–Crippen LogP) is 5.01. The van der Waals surface area contributed by atoms with Gasteiger partial charge in [0.05, 0.1) is 29.9 Å². The van der Waals surface area contributed by atoms with Crippen LogP contribution in [0, 0.1) is 17.1 Å². The summed E-state index contributed by atoms with van der Waals surface area (Å²) in [7, 11) is -1.17. The van der Waals surface area contributed by atoms with Gasteiger partial charge in [-0.15, -0.1) is 0 Å². The third kappa shape index (κ3) is 6.07. The normalized spacial score (nSPS) is 14.7. The molecular formula is C30H37FN8O2Si. The van der Waals surface area contributed by atoms with Crippen LogP contribution in [-0.4, -0.2) is 64.0 Å². The van der Waals surface area contributed by atoms with Crippen LogP contribution >= 0.6 is 0 Å². The summed E-state index contributed by atoms with van der Waals surface area (Å²) >= 11 is 0. The zero-order chi connectivity index (χ0) is 30.1. The first kappa shape index (κ1) is 29.4. The first-order valence-electron chi connectivity index (χ1n) is 14.2. The molecule has 1 aliphatic heterocycles. The summed E-state index contributed by atoms with van der Waals surface area (Å²) in [6.07, 6.45) is 7.42. The van der Waals surface area contributed by atoms with Crippen molar-refractivity contribution in [3.8, 4) is 17.3 Å². The number of halogens is 1. The lowest BCUT2D eigenvalue weighted by Crippen LogP contribution is -2.63. The maximum Gasteiger partial charge on any atom is 0.254 e. The number of hydrogen-bond acceptors (Lipinski definition) is 7. The third-order valence-electron chi connectivity index (χ3n) is 7.49. The fourth-order valence-corrected chi connectivity index (χ4v) is 5.90. The number of nitrogens with zero attached hydrogens (tertiary/aromatic N) is 7. The minimum atomic E-state index is -1.17. The van der Waals surface area contributed by atoms with E-state index in [4.69, 9.17) is 4.74 Å². The summed E-state index contributed by atoms with van der Waals surface area (Å²) in [5.41, 5.74) is 2.46. The molecule has 5 rings (SSSR count). The molecule has 1 aromatic carbocycles. The van der Waals surface area contributed by atoms with Crippen molar-refractivity contribution in [2.75, 3.05) is 24.6 Å². The van der Waals surface area contributed by atoms with Crippen LogP contribution < -0.4 is 10.2 Å². The van der Waals surface area contributed by atoms with Crippen LogP contribution in [0.3, 0.4) is 0 Å². The number of ether oxygens (including phenoxy) is 1. The standard InChI is InChI=1S/C30H37FN8O2Si/c1-21(2)36-29(40)24-7-6-23(14-26(24)31)38-17-30(18-38,9-10-32)39-16-22(15-35-39)27-25-8-11-37(28(25)34-19-33-27)20-41-12-13-42(3,4)5/h6-8,11,14-16,19,21H,9,12-13,17-18,20H2,1-5H3,(H,36,40). The molecular weight excluding hydrogens is 551 g/mol. The summed E-state index contributed by atoms with van der Waals surface area (Å²) in [5, 5.41) is 17.9. The van der Waals surface area contributed by atoms with Crippen LogP contribution in [0.2, 0.25) is 25.7 Å². The number of anilines is 1. The van der Waals surface area contributed by atoms with E-state index in [2.05, 4.69) is 46.1 Å². The second-order valence-electron chi connectivity index (χ2n) is 12.5. The van der Waals surface area contributed by atoms with Gasteiger partial charge in [-0.3, -0.25) is 9.48 Å². The number of aromatic nitrogens is 5.